The molecule has 0 atom stereocenters. The largest absolute Gasteiger partial charge is 0.363 e. The molecular formula is C19H18N6S. The first kappa shape index (κ1) is 16.4. The molecule has 0 aliphatic heterocycles. The van der Waals surface area contributed by atoms with E-state index in [1.54, 1.807) is 17.7 Å². The van der Waals surface area contributed by atoms with Crippen LogP contribution in [0.2, 0.25) is 0 Å². The third-order valence-corrected chi connectivity index (χ3v) is 4.75. The molecule has 0 radical (unpaired) electrons. The van der Waals surface area contributed by atoms with E-state index >= 15 is 0 Å². The molecule has 3 heterocycles. The Morgan fingerprint density at radius 2 is 1.85 bits per heavy atom. The third-order valence-electron chi connectivity index (χ3n) is 3.99. The Kier molecular flexibility index (Phi) is 4.45. The van der Waals surface area contributed by atoms with Gasteiger partial charge in [-0.15, -0.1) is 11.3 Å². The number of thiazole rings is 1. The fourth-order valence-corrected chi connectivity index (χ4v) is 3.27. The highest BCUT2D eigenvalue weighted by atomic mass is 32.1. The zero-order valence-corrected chi connectivity index (χ0v) is 15.4. The van der Waals surface area contributed by atoms with Crippen molar-refractivity contribution in [2.75, 3.05) is 19.0 Å². The molecular weight excluding hydrogens is 344 g/mol. The fraction of sp³-hybridized carbons (Fsp3) is 0.158. The Morgan fingerprint density at radius 1 is 1.00 bits per heavy atom. The Hall–Kier alpha value is -3.06. The van der Waals surface area contributed by atoms with Crippen molar-refractivity contribution in [3.05, 3.63) is 65.5 Å². The van der Waals surface area contributed by atoms with E-state index in [9.17, 15) is 0 Å². The monoisotopic (exact) mass is 362 g/mol. The van der Waals surface area contributed by atoms with Crippen LogP contribution in [0, 0.1) is 0 Å². The lowest BCUT2D eigenvalue weighted by molar-refractivity contribution is 0.686. The van der Waals surface area contributed by atoms with E-state index in [4.69, 9.17) is 0 Å². The predicted octanol–water partition coefficient (Wildman–Crippen LogP) is 3.58. The summed E-state index contributed by atoms with van der Waals surface area (Å²) in [5.41, 5.74) is 3.94. The first-order valence-electron chi connectivity index (χ1n) is 8.21. The van der Waals surface area contributed by atoms with Gasteiger partial charge in [0.1, 0.15) is 17.2 Å². The molecule has 3 aromatic heterocycles. The zero-order valence-electron chi connectivity index (χ0n) is 14.6. The first-order chi connectivity index (χ1) is 12.7. The van der Waals surface area contributed by atoms with Gasteiger partial charge in [0.2, 0.25) is 0 Å². The summed E-state index contributed by atoms with van der Waals surface area (Å²) in [4.78, 5) is 15.0. The number of aromatic nitrogens is 5. The number of hydrogen-bond acceptors (Lipinski definition) is 6. The number of rotatable bonds is 5. The molecule has 0 saturated carbocycles. The predicted molar refractivity (Wildman–Crippen MR) is 104 cm³/mol. The molecule has 7 heteroatoms. The Bertz CT molecular complexity index is 1010. The molecule has 0 N–H and O–H groups in total. The van der Waals surface area contributed by atoms with Gasteiger partial charge in [-0.25, -0.2) is 15.0 Å². The van der Waals surface area contributed by atoms with Gasteiger partial charge in [0.05, 0.1) is 17.9 Å². The average molecular weight is 362 g/mol. The molecule has 1 aromatic carbocycles. The van der Waals surface area contributed by atoms with Crippen LogP contribution in [-0.2, 0) is 6.54 Å². The summed E-state index contributed by atoms with van der Waals surface area (Å²) in [6.45, 7) is 0.690. The van der Waals surface area contributed by atoms with Gasteiger partial charge in [-0.05, 0) is 12.1 Å². The van der Waals surface area contributed by atoms with Gasteiger partial charge < -0.3 is 4.90 Å². The van der Waals surface area contributed by atoms with E-state index in [2.05, 4.69) is 38.2 Å². The van der Waals surface area contributed by atoms with Crippen molar-refractivity contribution in [2.45, 2.75) is 6.54 Å². The van der Waals surface area contributed by atoms with Crippen molar-refractivity contribution in [1.29, 1.82) is 0 Å². The van der Waals surface area contributed by atoms with Crippen LogP contribution in [0.5, 0.6) is 0 Å². The third kappa shape index (κ3) is 3.48. The van der Waals surface area contributed by atoms with Crippen LogP contribution in [-0.4, -0.2) is 38.8 Å². The van der Waals surface area contributed by atoms with E-state index in [0.717, 1.165) is 33.3 Å². The minimum Gasteiger partial charge on any atom is -0.363 e. The van der Waals surface area contributed by atoms with Crippen molar-refractivity contribution in [3.8, 4) is 22.5 Å². The van der Waals surface area contributed by atoms with E-state index in [1.807, 2.05) is 59.6 Å². The summed E-state index contributed by atoms with van der Waals surface area (Å²) < 4.78 is 1.91. The van der Waals surface area contributed by atoms with Gasteiger partial charge in [0.15, 0.2) is 0 Å². The van der Waals surface area contributed by atoms with Crippen molar-refractivity contribution in [3.63, 3.8) is 0 Å². The Labute approximate surface area is 155 Å². The van der Waals surface area contributed by atoms with Crippen molar-refractivity contribution >= 4 is 17.2 Å². The minimum atomic E-state index is 0.690. The van der Waals surface area contributed by atoms with Crippen molar-refractivity contribution in [1.82, 2.24) is 24.7 Å². The van der Waals surface area contributed by atoms with Crippen molar-refractivity contribution in [2.24, 2.45) is 0 Å². The number of anilines is 1. The lowest BCUT2D eigenvalue weighted by atomic mass is 10.1. The topological polar surface area (TPSA) is 59.7 Å². The maximum absolute atomic E-state index is 4.68. The SMILES string of the molecule is CN(C)c1cc(-c2cccc(-c3ccn(Cc4nccs4)n3)c2)ncn1. The quantitative estimate of drug-likeness (QED) is 0.543. The molecule has 130 valence electrons. The molecule has 0 fully saturated rings. The zero-order chi connectivity index (χ0) is 17.9. The van der Waals surface area contributed by atoms with Crippen LogP contribution in [0.1, 0.15) is 5.01 Å². The summed E-state index contributed by atoms with van der Waals surface area (Å²) >= 11 is 1.64. The molecule has 0 unspecified atom stereocenters. The first-order valence-corrected chi connectivity index (χ1v) is 9.09. The number of benzene rings is 1. The molecule has 4 rings (SSSR count). The molecule has 26 heavy (non-hydrogen) atoms. The maximum Gasteiger partial charge on any atom is 0.132 e. The molecule has 0 spiro atoms. The van der Waals surface area contributed by atoms with Gasteiger partial charge in [-0.1, -0.05) is 18.2 Å². The normalized spacial score (nSPS) is 10.8. The minimum absolute atomic E-state index is 0.690. The standard InChI is InChI=1S/C19H18N6S/c1-24(2)18-11-17(21-13-22-18)15-5-3-4-14(10-15)16-6-8-25(23-16)12-19-20-7-9-26-19/h3-11,13H,12H2,1-2H3. The molecule has 4 aromatic rings. The van der Waals surface area contributed by atoms with Crippen LogP contribution >= 0.6 is 11.3 Å². The highest BCUT2D eigenvalue weighted by Crippen LogP contribution is 2.25. The lowest BCUT2D eigenvalue weighted by Crippen LogP contribution is -2.10. The second-order valence-electron chi connectivity index (χ2n) is 6.06. The van der Waals surface area contributed by atoms with Crippen LogP contribution in [0.3, 0.4) is 0 Å². The van der Waals surface area contributed by atoms with E-state index in [1.165, 1.54) is 0 Å². The average Bonchev–Trinajstić information content (AvgIpc) is 3.34. The lowest BCUT2D eigenvalue weighted by Gasteiger charge is -2.11. The van der Waals surface area contributed by atoms with Gasteiger partial charge in [-0.3, -0.25) is 4.68 Å². The number of hydrogen-bond donors (Lipinski definition) is 0. The highest BCUT2D eigenvalue weighted by molar-refractivity contribution is 7.09. The smallest absolute Gasteiger partial charge is 0.132 e. The molecule has 6 nitrogen and oxygen atoms in total. The van der Waals surface area contributed by atoms with Gasteiger partial charge >= 0.3 is 0 Å². The summed E-state index contributed by atoms with van der Waals surface area (Å²) in [6, 6.07) is 12.3. The van der Waals surface area contributed by atoms with E-state index in [0.29, 0.717) is 6.54 Å². The maximum atomic E-state index is 4.68. The number of nitrogens with zero attached hydrogens (tertiary/aromatic N) is 6. The summed E-state index contributed by atoms with van der Waals surface area (Å²) in [6.07, 6.45) is 5.40. The highest BCUT2D eigenvalue weighted by Gasteiger charge is 2.08. The fourth-order valence-electron chi connectivity index (χ4n) is 2.66. The molecule has 0 aliphatic rings. The van der Waals surface area contributed by atoms with Crippen molar-refractivity contribution < 1.29 is 0 Å². The molecule has 0 bridgehead atoms. The second-order valence-corrected chi connectivity index (χ2v) is 7.04. The van der Waals surface area contributed by atoms with E-state index < -0.39 is 0 Å². The summed E-state index contributed by atoms with van der Waals surface area (Å²) in [7, 11) is 3.94. The van der Waals surface area contributed by atoms with Gasteiger partial charge in [-0.2, -0.15) is 5.10 Å². The van der Waals surface area contributed by atoms with Crippen LogP contribution < -0.4 is 4.90 Å². The van der Waals surface area contributed by atoms with Gasteiger partial charge in [0, 0.05) is 49.1 Å². The molecule has 0 amide bonds. The second kappa shape index (κ2) is 7.05. The Balaban J connectivity index is 1.62. The van der Waals surface area contributed by atoms with Gasteiger partial charge in [0.25, 0.3) is 0 Å². The molecule has 0 saturated heterocycles. The van der Waals surface area contributed by atoms with Crippen LogP contribution in [0.4, 0.5) is 5.82 Å². The molecule has 0 aliphatic carbocycles. The summed E-state index contributed by atoms with van der Waals surface area (Å²) in [5, 5.41) is 7.70. The van der Waals surface area contributed by atoms with Crippen LogP contribution in [0.15, 0.2) is 60.5 Å². The summed E-state index contributed by atoms with van der Waals surface area (Å²) in [5.74, 6) is 0.883. The van der Waals surface area contributed by atoms with Crippen LogP contribution in [0.25, 0.3) is 22.5 Å². The van der Waals surface area contributed by atoms with E-state index in [-0.39, 0.29) is 0 Å². The Morgan fingerprint density at radius 3 is 2.62 bits per heavy atom.